The van der Waals surface area contributed by atoms with Crippen molar-refractivity contribution in [1.29, 1.82) is 0 Å². The van der Waals surface area contributed by atoms with Gasteiger partial charge in [-0.2, -0.15) is 0 Å². The number of furan rings is 1. The average Bonchev–Trinajstić information content (AvgIpc) is 2.89. The summed E-state index contributed by atoms with van der Waals surface area (Å²) in [4.78, 5) is 7.03. The molecule has 6 heteroatoms. The van der Waals surface area contributed by atoms with Crippen LogP contribution in [-0.2, 0) is 4.74 Å². The van der Waals surface area contributed by atoms with Crippen molar-refractivity contribution in [2.45, 2.75) is 57.5 Å². The van der Waals surface area contributed by atoms with E-state index in [0.717, 1.165) is 37.8 Å². The van der Waals surface area contributed by atoms with E-state index in [9.17, 15) is 0 Å². The zero-order valence-corrected chi connectivity index (χ0v) is 15.4. The fourth-order valence-electron chi connectivity index (χ4n) is 3.77. The second-order valence-electron chi connectivity index (χ2n) is 7.17. The van der Waals surface area contributed by atoms with Gasteiger partial charge >= 0.3 is 0 Å². The molecule has 1 aliphatic carbocycles. The van der Waals surface area contributed by atoms with Gasteiger partial charge in [0.05, 0.1) is 25.8 Å². The van der Waals surface area contributed by atoms with Crippen molar-refractivity contribution in [3.63, 3.8) is 0 Å². The van der Waals surface area contributed by atoms with Gasteiger partial charge in [0.2, 0.25) is 0 Å². The Labute approximate surface area is 150 Å². The lowest BCUT2D eigenvalue weighted by atomic mass is 10.1. The van der Waals surface area contributed by atoms with Crippen LogP contribution in [0.2, 0.25) is 0 Å². The first kappa shape index (κ1) is 18.3. The van der Waals surface area contributed by atoms with E-state index in [1.807, 2.05) is 13.0 Å². The molecule has 3 N–H and O–H groups in total. The van der Waals surface area contributed by atoms with Crippen molar-refractivity contribution < 1.29 is 9.15 Å². The molecule has 1 saturated carbocycles. The molecular weight excluding hydrogens is 316 g/mol. The first-order valence-electron chi connectivity index (χ1n) is 9.67. The molecule has 140 valence electrons. The Hall–Kier alpha value is -1.53. The molecule has 2 fully saturated rings. The van der Waals surface area contributed by atoms with Crippen molar-refractivity contribution in [3.8, 4) is 0 Å². The van der Waals surface area contributed by atoms with E-state index < -0.39 is 0 Å². The highest BCUT2D eigenvalue weighted by molar-refractivity contribution is 5.78. The van der Waals surface area contributed by atoms with Gasteiger partial charge in [0.15, 0.2) is 5.96 Å². The lowest BCUT2D eigenvalue weighted by Gasteiger charge is -2.32. The smallest absolute Gasteiger partial charge is 0.188 e. The third kappa shape index (κ3) is 5.47. The maximum absolute atomic E-state index is 6.18. The normalized spacial score (nSPS) is 22.5. The summed E-state index contributed by atoms with van der Waals surface area (Å²) in [6.07, 6.45) is 7.64. The average molecular weight is 348 g/mol. The number of aliphatic imine (C=N–C) groups is 1. The first-order chi connectivity index (χ1) is 12.2. The van der Waals surface area contributed by atoms with E-state index in [1.54, 1.807) is 0 Å². The number of hydrogen-bond acceptors (Lipinski definition) is 4. The van der Waals surface area contributed by atoms with Crippen molar-refractivity contribution in [3.05, 3.63) is 23.7 Å². The summed E-state index contributed by atoms with van der Waals surface area (Å²) in [7, 11) is 0. The van der Waals surface area contributed by atoms with E-state index in [1.165, 1.54) is 38.5 Å². The number of guanidine groups is 1. The molecule has 1 atom stereocenters. The lowest BCUT2D eigenvalue weighted by molar-refractivity contribution is 0.0135. The lowest BCUT2D eigenvalue weighted by Crippen LogP contribution is -2.42. The highest BCUT2D eigenvalue weighted by atomic mass is 16.5. The van der Waals surface area contributed by atoms with Gasteiger partial charge in [-0.1, -0.05) is 25.7 Å². The number of nitrogens with two attached hydrogens (primary N) is 1. The molecule has 0 bridgehead atoms. The van der Waals surface area contributed by atoms with Crippen LogP contribution >= 0.6 is 0 Å². The number of ether oxygens (including phenoxy) is 1. The summed E-state index contributed by atoms with van der Waals surface area (Å²) in [6, 6.07) is 4.66. The van der Waals surface area contributed by atoms with Crippen LogP contribution in [0.3, 0.4) is 0 Å². The molecule has 0 aromatic carbocycles. The predicted octanol–water partition coefficient (Wildman–Crippen LogP) is 2.59. The largest absolute Gasteiger partial charge is 0.465 e. The number of nitrogens with one attached hydrogen (secondary N) is 1. The van der Waals surface area contributed by atoms with Crippen LogP contribution in [0.1, 0.15) is 56.1 Å². The van der Waals surface area contributed by atoms with Crippen LogP contribution in [0.4, 0.5) is 0 Å². The molecule has 2 heterocycles. The van der Waals surface area contributed by atoms with Gasteiger partial charge in [0.1, 0.15) is 11.5 Å². The molecule has 1 unspecified atom stereocenters. The van der Waals surface area contributed by atoms with Crippen LogP contribution in [-0.4, -0.2) is 49.7 Å². The van der Waals surface area contributed by atoms with Gasteiger partial charge in [-0.25, -0.2) is 0 Å². The Morgan fingerprint density at radius 3 is 2.60 bits per heavy atom. The second kappa shape index (κ2) is 9.25. The standard InChI is InChI=1S/C19H32N4O2/c1-15-8-9-18(25-15)17(23-10-12-24-13-11-23)14-21-19(20)22-16-6-4-2-3-5-7-16/h8-9,16-17H,2-7,10-14H2,1H3,(H3,20,21,22). The maximum atomic E-state index is 6.18. The van der Waals surface area contributed by atoms with Crippen molar-refractivity contribution in [2.24, 2.45) is 10.7 Å². The molecule has 1 aliphatic heterocycles. The van der Waals surface area contributed by atoms with E-state index in [4.69, 9.17) is 14.9 Å². The summed E-state index contributed by atoms with van der Waals surface area (Å²) in [5.41, 5.74) is 6.18. The number of aryl methyl sites for hydroxylation is 1. The topological polar surface area (TPSA) is 76.0 Å². The van der Waals surface area contributed by atoms with Crippen LogP contribution < -0.4 is 11.1 Å². The van der Waals surface area contributed by atoms with Gasteiger partial charge < -0.3 is 20.2 Å². The highest BCUT2D eigenvalue weighted by Crippen LogP contribution is 2.24. The molecule has 1 aromatic heterocycles. The highest BCUT2D eigenvalue weighted by Gasteiger charge is 2.25. The Morgan fingerprint density at radius 2 is 1.96 bits per heavy atom. The Morgan fingerprint density at radius 1 is 1.24 bits per heavy atom. The Bertz CT molecular complexity index is 543. The molecule has 1 saturated heterocycles. The summed E-state index contributed by atoms with van der Waals surface area (Å²) < 4.78 is 11.4. The maximum Gasteiger partial charge on any atom is 0.188 e. The van der Waals surface area contributed by atoms with E-state index in [0.29, 0.717) is 18.5 Å². The van der Waals surface area contributed by atoms with E-state index in [2.05, 4.69) is 21.3 Å². The van der Waals surface area contributed by atoms with Crippen molar-refractivity contribution >= 4 is 5.96 Å². The number of rotatable bonds is 5. The summed E-state index contributed by atoms with van der Waals surface area (Å²) >= 11 is 0. The van der Waals surface area contributed by atoms with Crippen LogP contribution in [0, 0.1) is 6.92 Å². The van der Waals surface area contributed by atoms with Crippen LogP contribution in [0.25, 0.3) is 0 Å². The van der Waals surface area contributed by atoms with Crippen molar-refractivity contribution in [2.75, 3.05) is 32.8 Å². The van der Waals surface area contributed by atoms with Gasteiger partial charge in [-0.15, -0.1) is 0 Å². The number of morpholine rings is 1. The molecule has 0 amide bonds. The van der Waals surface area contributed by atoms with E-state index in [-0.39, 0.29) is 6.04 Å². The van der Waals surface area contributed by atoms with Gasteiger partial charge in [-0.3, -0.25) is 9.89 Å². The second-order valence-corrected chi connectivity index (χ2v) is 7.17. The zero-order chi connectivity index (χ0) is 17.5. The molecule has 1 aromatic rings. The third-order valence-electron chi connectivity index (χ3n) is 5.22. The third-order valence-corrected chi connectivity index (χ3v) is 5.22. The fourth-order valence-corrected chi connectivity index (χ4v) is 3.77. The van der Waals surface area contributed by atoms with Gasteiger partial charge in [0, 0.05) is 19.1 Å². The minimum Gasteiger partial charge on any atom is -0.465 e. The molecule has 25 heavy (non-hydrogen) atoms. The Balaban J connectivity index is 1.62. The van der Waals surface area contributed by atoms with E-state index >= 15 is 0 Å². The summed E-state index contributed by atoms with van der Waals surface area (Å²) in [6.45, 7) is 5.90. The summed E-state index contributed by atoms with van der Waals surface area (Å²) in [5, 5.41) is 3.43. The molecule has 3 rings (SSSR count). The number of nitrogens with zero attached hydrogens (tertiary/aromatic N) is 2. The van der Waals surface area contributed by atoms with Gasteiger partial charge in [0.25, 0.3) is 0 Å². The van der Waals surface area contributed by atoms with Crippen LogP contribution in [0.5, 0.6) is 0 Å². The first-order valence-corrected chi connectivity index (χ1v) is 9.67. The minimum atomic E-state index is 0.118. The predicted molar refractivity (Wildman–Crippen MR) is 99.7 cm³/mol. The van der Waals surface area contributed by atoms with Gasteiger partial charge in [-0.05, 0) is 31.9 Å². The minimum absolute atomic E-state index is 0.118. The molecular formula is C19H32N4O2. The monoisotopic (exact) mass is 348 g/mol. The molecule has 0 radical (unpaired) electrons. The summed E-state index contributed by atoms with van der Waals surface area (Å²) in [5.74, 6) is 2.46. The molecule has 2 aliphatic rings. The Kier molecular flexibility index (Phi) is 6.76. The zero-order valence-electron chi connectivity index (χ0n) is 15.4. The SMILES string of the molecule is Cc1ccc(C(CN=C(N)NC2CCCCCC2)N2CCOCC2)o1. The molecule has 0 spiro atoms. The van der Waals surface area contributed by atoms with Crippen molar-refractivity contribution in [1.82, 2.24) is 10.2 Å². The number of hydrogen-bond donors (Lipinski definition) is 2. The molecule has 6 nitrogen and oxygen atoms in total. The fraction of sp³-hybridized carbons (Fsp3) is 0.737. The quantitative estimate of drug-likeness (QED) is 0.486. The van der Waals surface area contributed by atoms with Crippen LogP contribution in [0.15, 0.2) is 21.5 Å².